The van der Waals surface area contributed by atoms with Gasteiger partial charge in [0.05, 0.1) is 27.6 Å². The van der Waals surface area contributed by atoms with Gasteiger partial charge in [-0.3, -0.25) is 0 Å². The topological polar surface area (TPSA) is 14.8 Å². The quantitative estimate of drug-likeness (QED) is 0.191. The Balaban J connectivity index is 1.14. The van der Waals surface area contributed by atoms with E-state index in [2.05, 4.69) is 190 Å². The Morgan fingerprint density at radius 2 is 0.851 bits per heavy atom. The first-order chi connectivity index (χ1) is 23.3. The molecule has 0 fully saturated rings. The first-order valence-electron chi connectivity index (χ1n) is 16.1. The Kier molecular flexibility index (Phi) is 5.57. The van der Waals surface area contributed by atoms with Gasteiger partial charge in [0, 0.05) is 50.2 Å². The molecule has 7 aromatic carbocycles. The van der Waals surface area contributed by atoms with Crippen LogP contribution in [-0.2, 0) is 0 Å². The average Bonchev–Trinajstić information content (AvgIpc) is 3.81. The first-order valence-corrected chi connectivity index (χ1v) is 16.1. The van der Waals surface area contributed by atoms with Crippen molar-refractivity contribution in [2.24, 2.45) is 0 Å². The molecular formula is C44H29N3. The second-order valence-electron chi connectivity index (χ2n) is 12.3. The van der Waals surface area contributed by atoms with E-state index in [9.17, 15) is 0 Å². The summed E-state index contributed by atoms with van der Waals surface area (Å²) < 4.78 is 7.08. The molecule has 10 aromatic rings. The fourth-order valence-corrected chi connectivity index (χ4v) is 7.50. The van der Waals surface area contributed by atoms with Crippen LogP contribution in [-0.4, -0.2) is 13.7 Å². The van der Waals surface area contributed by atoms with E-state index in [1.807, 2.05) is 0 Å². The Morgan fingerprint density at radius 1 is 0.298 bits per heavy atom. The molecule has 3 nitrogen and oxygen atoms in total. The number of rotatable bonds is 4. The van der Waals surface area contributed by atoms with Crippen LogP contribution in [0.4, 0.5) is 0 Å². The molecule has 0 aliphatic heterocycles. The summed E-state index contributed by atoms with van der Waals surface area (Å²) in [6.45, 7) is 0. The number of hydrogen-bond donors (Lipinski definition) is 0. The largest absolute Gasteiger partial charge is 0.317 e. The highest BCUT2D eigenvalue weighted by Gasteiger charge is 2.17. The van der Waals surface area contributed by atoms with Crippen molar-refractivity contribution in [3.63, 3.8) is 0 Å². The Bertz CT molecular complexity index is 2760. The Hall–Kier alpha value is -6.32. The van der Waals surface area contributed by atoms with Gasteiger partial charge in [-0.2, -0.15) is 0 Å². The zero-order valence-corrected chi connectivity index (χ0v) is 25.6. The maximum Gasteiger partial charge on any atom is 0.0548 e. The molecule has 0 saturated heterocycles. The van der Waals surface area contributed by atoms with E-state index in [1.54, 1.807) is 0 Å². The highest BCUT2D eigenvalue weighted by molar-refractivity contribution is 6.14. The number of fused-ring (bicyclic) bond motifs is 7. The molecule has 0 atom stereocenters. The van der Waals surface area contributed by atoms with Crippen molar-refractivity contribution < 1.29 is 0 Å². The normalized spacial score (nSPS) is 11.8. The lowest BCUT2D eigenvalue weighted by atomic mass is 10.0. The van der Waals surface area contributed by atoms with Gasteiger partial charge in [0.2, 0.25) is 0 Å². The smallest absolute Gasteiger partial charge is 0.0548 e. The average molecular weight is 600 g/mol. The molecule has 3 heteroatoms. The van der Waals surface area contributed by atoms with Crippen molar-refractivity contribution in [3.05, 3.63) is 176 Å². The van der Waals surface area contributed by atoms with E-state index in [-0.39, 0.29) is 0 Å². The zero-order valence-electron chi connectivity index (χ0n) is 25.6. The first kappa shape index (κ1) is 26.0. The molecule has 0 bridgehead atoms. The molecule has 0 amide bonds. The summed E-state index contributed by atoms with van der Waals surface area (Å²) in [5.74, 6) is 0. The molecule has 0 saturated carbocycles. The standard InChI is InChI=1S/C44H29N3/c1-3-11-30(12-4-1)31-19-24-42-38(27-31)36-15-7-9-17-40(36)46(42)34-20-22-35(23-21-34)47-41-18-10-8-16-37(41)39-29-43-32(28-44(39)47)25-26-45(43)33-13-5-2-6-14-33/h1-29H. The monoisotopic (exact) mass is 599 g/mol. The van der Waals surface area contributed by atoms with Crippen LogP contribution >= 0.6 is 0 Å². The maximum atomic E-state index is 2.41. The fourth-order valence-electron chi connectivity index (χ4n) is 7.50. The molecule has 47 heavy (non-hydrogen) atoms. The fraction of sp³-hybridized carbons (Fsp3) is 0. The number of nitrogens with zero attached hydrogens (tertiary/aromatic N) is 3. The van der Waals surface area contributed by atoms with Gasteiger partial charge >= 0.3 is 0 Å². The van der Waals surface area contributed by atoms with E-state index < -0.39 is 0 Å². The molecule has 3 aromatic heterocycles. The van der Waals surface area contributed by atoms with Crippen LogP contribution in [0.5, 0.6) is 0 Å². The van der Waals surface area contributed by atoms with Crippen molar-refractivity contribution in [2.75, 3.05) is 0 Å². The second kappa shape index (κ2) is 10.1. The van der Waals surface area contributed by atoms with Gasteiger partial charge in [0.25, 0.3) is 0 Å². The van der Waals surface area contributed by atoms with Crippen LogP contribution < -0.4 is 0 Å². The van der Waals surface area contributed by atoms with Crippen LogP contribution in [0.15, 0.2) is 176 Å². The van der Waals surface area contributed by atoms with Crippen LogP contribution in [0.25, 0.3) is 82.7 Å². The lowest BCUT2D eigenvalue weighted by Gasteiger charge is -2.12. The van der Waals surface area contributed by atoms with Gasteiger partial charge < -0.3 is 13.7 Å². The molecule has 0 spiro atoms. The van der Waals surface area contributed by atoms with Gasteiger partial charge in [0.15, 0.2) is 0 Å². The predicted octanol–water partition coefficient (Wildman–Crippen LogP) is 11.5. The Labute approximate surface area is 271 Å². The number of aromatic nitrogens is 3. The van der Waals surface area contributed by atoms with E-state index in [0.29, 0.717) is 0 Å². The summed E-state index contributed by atoms with van der Waals surface area (Å²) in [5.41, 5.74) is 12.0. The van der Waals surface area contributed by atoms with Crippen molar-refractivity contribution in [1.29, 1.82) is 0 Å². The summed E-state index contributed by atoms with van der Waals surface area (Å²) in [6, 6.07) is 61.5. The van der Waals surface area contributed by atoms with Crippen LogP contribution in [0.3, 0.4) is 0 Å². The van der Waals surface area contributed by atoms with Gasteiger partial charge in [-0.15, -0.1) is 0 Å². The Morgan fingerprint density at radius 3 is 1.53 bits per heavy atom. The van der Waals surface area contributed by atoms with Gasteiger partial charge in [-0.05, 0) is 90.0 Å². The lowest BCUT2D eigenvalue weighted by Crippen LogP contribution is -1.97. The summed E-state index contributed by atoms with van der Waals surface area (Å²) in [7, 11) is 0. The molecule has 0 aliphatic rings. The molecule has 0 unspecified atom stereocenters. The minimum Gasteiger partial charge on any atom is -0.317 e. The zero-order chi connectivity index (χ0) is 30.9. The third-order valence-electron chi connectivity index (χ3n) is 9.66. The van der Waals surface area contributed by atoms with Crippen molar-refractivity contribution >= 4 is 54.5 Å². The molecular weight excluding hydrogens is 571 g/mol. The van der Waals surface area contributed by atoms with Crippen LogP contribution in [0, 0.1) is 0 Å². The minimum absolute atomic E-state index is 1.15. The predicted molar refractivity (Wildman–Crippen MR) is 197 cm³/mol. The van der Waals surface area contributed by atoms with Crippen LogP contribution in [0.1, 0.15) is 0 Å². The molecule has 0 radical (unpaired) electrons. The van der Waals surface area contributed by atoms with E-state index in [0.717, 1.165) is 11.4 Å². The summed E-state index contributed by atoms with van der Waals surface area (Å²) in [6.07, 6.45) is 2.18. The highest BCUT2D eigenvalue weighted by Crippen LogP contribution is 2.38. The molecule has 0 N–H and O–H groups in total. The number of para-hydroxylation sites is 3. The highest BCUT2D eigenvalue weighted by atomic mass is 15.0. The van der Waals surface area contributed by atoms with Crippen molar-refractivity contribution in [3.8, 4) is 28.2 Å². The summed E-state index contributed by atoms with van der Waals surface area (Å²) >= 11 is 0. The van der Waals surface area contributed by atoms with Gasteiger partial charge in [-0.1, -0.05) is 91.0 Å². The number of benzene rings is 7. The summed E-state index contributed by atoms with van der Waals surface area (Å²) in [4.78, 5) is 0. The third-order valence-corrected chi connectivity index (χ3v) is 9.66. The molecule has 3 heterocycles. The van der Waals surface area contributed by atoms with Gasteiger partial charge in [0.1, 0.15) is 0 Å². The minimum atomic E-state index is 1.15. The number of hydrogen-bond acceptors (Lipinski definition) is 0. The lowest BCUT2D eigenvalue weighted by molar-refractivity contribution is 1.13. The van der Waals surface area contributed by atoms with E-state index in [4.69, 9.17) is 0 Å². The maximum absolute atomic E-state index is 2.41. The summed E-state index contributed by atoms with van der Waals surface area (Å²) in [5, 5.41) is 6.26. The SMILES string of the molecule is c1ccc(-c2ccc3c(c2)c2ccccc2n3-c2ccc(-n3c4ccccc4c4cc5c(ccn5-c5ccccc5)cc43)cc2)cc1. The molecule has 10 rings (SSSR count). The van der Waals surface area contributed by atoms with Gasteiger partial charge in [-0.25, -0.2) is 0 Å². The molecule has 0 aliphatic carbocycles. The second-order valence-corrected chi connectivity index (χ2v) is 12.3. The van der Waals surface area contributed by atoms with E-state index >= 15 is 0 Å². The van der Waals surface area contributed by atoms with E-state index in [1.165, 1.54) is 71.3 Å². The molecule has 220 valence electrons. The van der Waals surface area contributed by atoms with Crippen molar-refractivity contribution in [1.82, 2.24) is 13.7 Å². The van der Waals surface area contributed by atoms with Crippen molar-refractivity contribution in [2.45, 2.75) is 0 Å². The third kappa shape index (κ3) is 3.93. The van der Waals surface area contributed by atoms with Crippen LogP contribution in [0.2, 0.25) is 0 Å².